The Hall–Kier alpha value is -2.77. The average molecular weight is 366 g/mol. The molecule has 0 saturated carbocycles. The molecule has 8 heteroatoms. The molecule has 0 radical (unpaired) electrons. The highest BCUT2D eigenvalue weighted by atomic mass is 16.5. The number of benzene rings is 1. The fourth-order valence-electron chi connectivity index (χ4n) is 1.92. The lowest BCUT2D eigenvalue weighted by molar-refractivity contribution is -0.123. The number of carbonyl (C=O) groups excluding carboxylic acids is 3. The molecule has 3 amide bonds. The van der Waals surface area contributed by atoms with Crippen LogP contribution >= 0.6 is 0 Å². The van der Waals surface area contributed by atoms with Gasteiger partial charge in [0.05, 0.1) is 18.8 Å². The van der Waals surface area contributed by atoms with Gasteiger partial charge in [-0.1, -0.05) is 6.92 Å². The van der Waals surface area contributed by atoms with Gasteiger partial charge in [-0.3, -0.25) is 10.1 Å². The van der Waals surface area contributed by atoms with Crippen LogP contribution < -0.4 is 20.1 Å². The van der Waals surface area contributed by atoms with Crippen molar-refractivity contribution in [2.45, 2.75) is 40.2 Å². The molecule has 0 bridgehead atoms. The van der Waals surface area contributed by atoms with Crippen LogP contribution in [0, 0.1) is 0 Å². The van der Waals surface area contributed by atoms with Crippen LogP contribution in [0.3, 0.4) is 0 Å². The van der Waals surface area contributed by atoms with E-state index in [1.165, 1.54) is 12.1 Å². The van der Waals surface area contributed by atoms with Gasteiger partial charge in [0.15, 0.2) is 18.1 Å². The van der Waals surface area contributed by atoms with E-state index in [0.29, 0.717) is 24.7 Å². The number of rotatable bonds is 9. The van der Waals surface area contributed by atoms with Gasteiger partial charge in [0.25, 0.3) is 5.91 Å². The summed E-state index contributed by atoms with van der Waals surface area (Å²) in [6, 6.07) is 3.92. The molecule has 0 aromatic heterocycles. The summed E-state index contributed by atoms with van der Waals surface area (Å²) in [4.78, 5) is 35.3. The molecule has 0 aliphatic rings. The number of imide groups is 1. The number of ether oxygens (including phenoxy) is 3. The molecule has 0 unspecified atom stereocenters. The van der Waals surface area contributed by atoms with Gasteiger partial charge in [0, 0.05) is 6.04 Å². The first kappa shape index (κ1) is 21.3. The predicted octanol–water partition coefficient (Wildman–Crippen LogP) is 2.27. The van der Waals surface area contributed by atoms with E-state index in [-0.39, 0.29) is 11.6 Å². The van der Waals surface area contributed by atoms with E-state index < -0.39 is 24.5 Å². The molecule has 8 nitrogen and oxygen atoms in total. The lowest BCUT2D eigenvalue weighted by Gasteiger charge is -2.13. The molecule has 0 fully saturated rings. The third-order valence-electron chi connectivity index (χ3n) is 3.36. The van der Waals surface area contributed by atoms with Crippen molar-refractivity contribution in [2.24, 2.45) is 0 Å². The molecule has 0 saturated heterocycles. The van der Waals surface area contributed by atoms with Crippen LogP contribution in [0.4, 0.5) is 4.79 Å². The van der Waals surface area contributed by atoms with Gasteiger partial charge in [-0.25, -0.2) is 9.59 Å². The van der Waals surface area contributed by atoms with Gasteiger partial charge in [-0.05, 0) is 45.4 Å². The molecule has 1 aromatic carbocycles. The molecule has 1 atom stereocenters. The minimum absolute atomic E-state index is 0.0637. The normalized spacial score (nSPS) is 11.2. The standard InChI is InChI=1S/C18H26N2O6/c1-5-12(4)19-18(23)20-16(21)11-26-17(22)13-8-9-14(24-6-2)15(10-13)25-7-3/h8-10,12H,5-7,11H2,1-4H3,(H2,19,20,21,23)/t12-/m1/s1. The van der Waals surface area contributed by atoms with Gasteiger partial charge in [-0.2, -0.15) is 0 Å². The summed E-state index contributed by atoms with van der Waals surface area (Å²) in [7, 11) is 0. The second kappa shape index (κ2) is 11.0. The van der Waals surface area contributed by atoms with E-state index in [1.54, 1.807) is 6.07 Å². The van der Waals surface area contributed by atoms with Crippen LogP contribution in [0.15, 0.2) is 18.2 Å². The Morgan fingerprint density at radius 2 is 1.69 bits per heavy atom. The maximum Gasteiger partial charge on any atom is 0.338 e. The fraction of sp³-hybridized carbons (Fsp3) is 0.500. The molecule has 0 spiro atoms. The highest BCUT2D eigenvalue weighted by Crippen LogP contribution is 2.28. The Bertz CT molecular complexity index is 632. The van der Waals surface area contributed by atoms with Crippen LogP contribution in [-0.4, -0.2) is 43.8 Å². The van der Waals surface area contributed by atoms with E-state index >= 15 is 0 Å². The van der Waals surface area contributed by atoms with Gasteiger partial charge in [-0.15, -0.1) is 0 Å². The van der Waals surface area contributed by atoms with Crippen molar-refractivity contribution in [2.75, 3.05) is 19.8 Å². The van der Waals surface area contributed by atoms with Crippen molar-refractivity contribution in [3.05, 3.63) is 23.8 Å². The third-order valence-corrected chi connectivity index (χ3v) is 3.36. The summed E-state index contributed by atoms with van der Waals surface area (Å²) >= 11 is 0. The fourth-order valence-corrected chi connectivity index (χ4v) is 1.92. The molecule has 1 rings (SSSR count). The monoisotopic (exact) mass is 366 g/mol. The van der Waals surface area contributed by atoms with Crippen molar-refractivity contribution in [1.29, 1.82) is 0 Å². The van der Waals surface area contributed by atoms with Gasteiger partial charge in [0.1, 0.15) is 0 Å². The van der Waals surface area contributed by atoms with Crippen LogP contribution in [-0.2, 0) is 9.53 Å². The van der Waals surface area contributed by atoms with Gasteiger partial charge < -0.3 is 19.5 Å². The summed E-state index contributed by atoms with van der Waals surface area (Å²) in [5.74, 6) is -0.479. The lowest BCUT2D eigenvalue weighted by atomic mass is 10.2. The third kappa shape index (κ3) is 7.00. The second-order valence-corrected chi connectivity index (χ2v) is 5.43. The zero-order chi connectivity index (χ0) is 19.5. The second-order valence-electron chi connectivity index (χ2n) is 5.43. The number of carbonyl (C=O) groups is 3. The first-order valence-corrected chi connectivity index (χ1v) is 8.58. The minimum atomic E-state index is -0.713. The Balaban J connectivity index is 2.60. The molecule has 26 heavy (non-hydrogen) atoms. The van der Waals surface area contributed by atoms with Crippen molar-refractivity contribution in [1.82, 2.24) is 10.6 Å². The SMILES string of the molecule is CCOc1ccc(C(=O)OCC(=O)NC(=O)N[C@H](C)CC)cc1OCC. The Morgan fingerprint density at radius 1 is 1.04 bits per heavy atom. The predicted molar refractivity (Wildman–Crippen MR) is 95.5 cm³/mol. The number of nitrogens with one attached hydrogen (secondary N) is 2. The number of hydrogen-bond acceptors (Lipinski definition) is 6. The Morgan fingerprint density at radius 3 is 2.31 bits per heavy atom. The number of amides is 3. The molecule has 1 aromatic rings. The van der Waals surface area contributed by atoms with Crippen molar-refractivity contribution in [3.63, 3.8) is 0 Å². The van der Waals surface area contributed by atoms with Crippen LogP contribution in [0.25, 0.3) is 0 Å². The average Bonchev–Trinajstić information content (AvgIpc) is 2.61. The first-order valence-electron chi connectivity index (χ1n) is 8.58. The summed E-state index contributed by atoms with van der Waals surface area (Å²) in [5.41, 5.74) is 0.216. The molecular formula is C18H26N2O6. The van der Waals surface area contributed by atoms with Crippen LogP contribution in [0.2, 0.25) is 0 Å². The molecule has 0 aliphatic carbocycles. The van der Waals surface area contributed by atoms with E-state index in [9.17, 15) is 14.4 Å². The number of hydrogen-bond donors (Lipinski definition) is 2. The highest BCUT2D eigenvalue weighted by molar-refractivity contribution is 5.97. The Labute approximate surface area is 153 Å². The molecular weight excluding hydrogens is 340 g/mol. The molecule has 0 aliphatic heterocycles. The lowest BCUT2D eigenvalue weighted by Crippen LogP contribution is -2.44. The van der Waals surface area contributed by atoms with Crippen molar-refractivity contribution >= 4 is 17.9 Å². The van der Waals surface area contributed by atoms with E-state index in [1.807, 2.05) is 27.7 Å². The van der Waals surface area contributed by atoms with Gasteiger partial charge in [0.2, 0.25) is 0 Å². The maximum absolute atomic E-state index is 12.1. The smallest absolute Gasteiger partial charge is 0.338 e. The van der Waals surface area contributed by atoms with Crippen molar-refractivity contribution in [3.8, 4) is 11.5 Å². The number of esters is 1. The van der Waals surface area contributed by atoms with Crippen LogP contribution in [0.1, 0.15) is 44.5 Å². The first-order chi connectivity index (χ1) is 12.4. The molecule has 2 N–H and O–H groups in total. The zero-order valence-corrected chi connectivity index (χ0v) is 15.6. The Kier molecular flexibility index (Phi) is 8.97. The minimum Gasteiger partial charge on any atom is -0.490 e. The number of urea groups is 1. The molecule has 144 valence electrons. The van der Waals surface area contributed by atoms with Gasteiger partial charge >= 0.3 is 12.0 Å². The van der Waals surface area contributed by atoms with E-state index in [0.717, 1.165) is 6.42 Å². The summed E-state index contributed by atoms with van der Waals surface area (Å²) in [5, 5.41) is 4.68. The summed E-state index contributed by atoms with van der Waals surface area (Å²) < 4.78 is 15.8. The summed E-state index contributed by atoms with van der Waals surface area (Å²) in [6.07, 6.45) is 0.733. The molecule has 0 heterocycles. The topological polar surface area (TPSA) is 103 Å². The zero-order valence-electron chi connectivity index (χ0n) is 15.6. The van der Waals surface area contributed by atoms with E-state index in [2.05, 4.69) is 10.6 Å². The van der Waals surface area contributed by atoms with E-state index in [4.69, 9.17) is 14.2 Å². The van der Waals surface area contributed by atoms with Crippen LogP contribution in [0.5, 0.6) is 11.5 Å². The van der Waals surface area contributed by atoms with Crippen molar-refractivity contribution < 1.29 is 28.6 Å². The summed E-state index contributed by atoms with van der Waals surface area (Å²) in [6.45, 7) is 7.68. The largest absolute Gasteiger partial charge is 0.490 e. The highest BCUT2D eigenvalue weighted by Gasteiger charge is 2.15. The quantitative estimate of drug-likeness (QED) is 0.650. The maximum atomic E-state index is 12.1.